The van der Waals surface area contributed by atoms with Gasteiger partial charge in [0.05, 0.1) is 5.02 Å². The van der Waals surface area contributed by atoms with Crippen molar-refractivity contribution in [1.82, 2.24) is 4.98 Å². The van der Waals surface area contributed by atoms with Crippen LogP contribution in [-0.2, 0) is 6.42 Å². The van der Waals surface area contributed by atoms with Crippen LogP contribution in [0.3, 0.4) is 0 Å². The first-order valence-corrected chi connectivity index (χ1v) is 6.81. The highest BCUT2D eigenvalue weighted by Gasteiger charge is 2.14. The number of carbonyl (C=O) groups is 1. The molecule has 0 radical (unpaired) electrons. The second-order valence-corrected chi connectivity index (χ2v) is 4.84. The van der Waals surface area contributed by atoms with Crippen molar-refractivity contribution >= 4 is 29.0 Å². The van der Waals surface area contributed by atoms with E-state index in [4.69, 9.17) is 17.3 Å². The number of hydrogen-bond acceptors (Lipinski definition) is 3. The Morgan fingerprint density at radius 1 is 1.30 bits per heavy atom. The summed E-state index contributed by atoms with van der Waals surface area (Å²) < 4.78 is 0. The van der Waals surface area contributed by atoms with Gasteiger partial charge in [0.1, 0.15) is 11.5 Å². The third-order valence-electron chi connectivity index (χ3n) is 2.87. The van der Waals surface area contributed by atoms with E-state index in [9.17, 15) is 4.79 Å². The summed E-state index contributed by atoms with van der Waals surface area (Å²) in [5, 5.41) is 3.12. The maximum absolute atomic E-state index is 12.2. The number of halogens is 1. The highest BCUT2D eigenvalue weighted by molar-refractivity contribution is 6.34. The number of para-hydroxylation sites is 1. The van der Waals surface area contributed by atoms with Crippen molar-refractivity contribution in [3.8, 4) is 0 Å². The van der Waals surface area contributed by atoms with Crippen LogP contribution < -0.4 is 11.1 Å². The van der Waals surface area contributed by atoms with Crippen LogP contribution in [0, 0.1) is 0 Å². The SMILES string of the molecule is CCCc1ccccc1NC(=O)c1nc(N)ccc1Cl. The molecule has 0 atom stereocenters. The number of amides is 1. The van der Waals surface area contributed by atoms with Crippen molar-refractivity contribution in [2.75, 3.05) is 11.1 Å². The molecule has 0 spiro atoms. The fraction of sp³-hybridized carbons (Fsp3) is 0.200. The lowest BCUT2D eigenvalue weighted by molar-refractivity contribution is 0.102. The molecule has 1 amide bonds. The number of anilines is 2. The fourth-order valence-electron chi connectivity index (χ4n) is 1.93. The van der Waals surface area contributed by atoms with Crippen molar-refractivity contribution in [3.63, 3.8) is 0 Å². The molecule has 1 aromatic heterocycles. The molecule has 0 aliphatic heterocycles. The molecule has 1 aromatic carbocycles. The second kappa shape index (κ2) is 6.39. The fourth-order valence-corrected chi connectivity index (χ4v) is 2.12. The van der Waals surface area contributed by atoms with Gasteiger partial charge in [0.2, 0.25) is 0 Å². The van der Waals surface area contributed by atoms with E-state index in [0.717, 1.165) is 24.1 Å². The third kappa shape index (κ3) is 3.27. The number of benzene rings is 1. The van der Waals surface area contributed by atoms with Crippen molar-refractivity contribution in [3.05, 3.63) is 52.7 Å². The Labute approximate surface area is 123 Å². The van der Waals surface area contributed by atoms with Gasteiger partial charge >= 0.3 is 0 Å². The average molecular weight is 290 g/mol. The molecular formula is C15H16ClN3O. The summed E-state index contributed by atoms with van der Waals surface area (Å²) in [6.07, 6.45) is 1.90. The summed E-state index contributed by atoms with van der Waals surface area (Å²) in [6, 6.07) is 10.8. The summed E-state index contributed by atoms with van der Waals surface area (Å²) in [6.45, 7) is 2.09. The Hall–Kier alpha value is -2.07. The van der Waals surface area contributed by atoms with E-state index in [-0.39, 0.29) is 22.4 Å². The lowest BCUT2D eigenvalue weighted by Gasteiger charge is -2.11. The zero-order chi connectivity index (χ0) is 14.5. The highest BCUT2D eigenvalue weighted by atomic mass is 35.5. The van der Waals surface area contributed by atoms with Crippen molar-refractivity contribution in [1.29, 1.82) is 0 Å². The van der Waals surface area contributed by atoms with Gasteiger partial charge in [0, 0.05) is 5.69 Å². The third-order valence-corrected chi connectivity index (χ3v) is 3.17. The average Bonchev–Trinajstić information content (AvgIpc) is 2.44. The highest BCUT2D eigenvalue weighted by Crippen LogP contribution is 2.20. The molecule has 3 N–H and O–H groups in total. The Balaban J connectivity index is 2.26. The number of hydrogen-bond donors (Lipinski definition) is 2. The molecule has 0 saturated heterocycles. The molecule has 0 unspecified atom stereocenters. The molecule has 0 aliphatic rings. The minimum absolute atomic E-state index is 0.137. The molecule has 1 heterocycles. The zero-order valence-corrected chi connectivity index (χ0v) is 11.9. The zero-order valence-electron chi connectivity index (χ0n) is 11.2. The maximum atomic E-state index is 12.2. The Bertz CT molecular complexity index is 628. The van der Waals surface area contributed by atoms with Gasteiger partial charge in [-0.3, -0.25) is 4.79 Å². The first-order valence-electron chi connectivity index (χ1n) is 6.43. The van der Waals surface area contributed by atoms with E-state index in [1.165, 1.54) is 0 Å². The molecule has 0 saturated carbocycles. The van der Waals surface area contributed by atoms with Crippen molar-refractivity contribution in [2.24, 2.45) is 0 Å². The lowest BCUT2D eigenvalue weighted by Crippen LogP contribution is -2.16. The van der Waals surface area contributed by atoms with E-state index in [1.807, 2.05) is 24.3 Å². The first-order chi connectivity index (χ1) is 9.61. The van der Waals surface area contributed by atoms with Crippen molar-refractivity contribution in [2.45, 2.75) is 19.8 Å². The Kier molecular flexibility index (Phi) is 4.58. The monoisotopic (exact) mass is 289 g/mol. The number of nitrogens with two attached hydrogens (primary N) is 1. The maximum Gasteiger partial charge on any atom is 0.275 e. The van der Waals surface area contributed by atoms with Gasteiger partial charge in [-0.2, -0.15) is 0 Å². The molecular weight excluding hydrogens is 274 g/mol. The standard InChI is InChI=1S/C15H16ClN3O/c1-2-5-10-6-3-4-7-12(10)18-15(20)14-11(16)8-9-13(17)19-14/h3-4,6-9H,2,5H2,1H3,(H2,17,19)(H,18,20). The van der Waals surface area contributed by atoms with Crippen LogP contribution in [0.25, 0.3) is 0 Å². The number of nitrogen functional groups attached to an aromatic ring is 1. The van der Waals surface area contributed by atoms with Gasteiger partial charge in [-0.05, 0) is 30.2 Å². The van der Waals surface area contributed by atoms with Gasteiger partial charge in [0.25, 0.3) is 5.91 Å². The molecule has 4 nitrogen and oxygen atoms in total. The molecule has 0 bridgehead atoms. The summed E-state index contributed by atoms with van der Waals surface area (Å²) in [7, 11) is 0. The van der Waals surface area contributed by atoms with Gasteiger partial charge in [-0.1, -0.05) is 43.1 Å². The van der Waals surface area contributed by atoms with Crippen LogP contribution in [-0.4, -0.2) is 10.9 Å². The summed E-state index contributed by atoms with van der Waals surface area (Å²) in [5.41, 5.74) is 7.59. The smallest absolute Gasteiger partial charge is 0.275 e. The van der Waals surface area contributed by atoms with E-state index in [1.54, 1.807) is 12.1 Å². The molecule has 20 heavy (non-hydrogen) atoms. The number of pyridine rings is 1. The van der Waals surface area contributed by atoms with Gasteiger partial charge < -0.3 is 11.1 Å². The molecule has 0 fully saturated rings. The van der Waals surface area contributed by atoms with Gasteiger partial charge in [0.15, 0.2) is 0 Å². The number of rotatable bonds is 4. The summed E-state index contributed by atoms with van der Waals surface area (Å²) >= 11 is 5.98. The van der Waals surface area contributed by atoms with Crippen LogP contribution in [0.1, 0.15) is 29.4 Å². The normalized spacial score (nSPS) is 10.3. The van der Waals surface area contributed by atoms with Crippen molar-refractivity contribution < 1.29 is 4.79 Å². The number of nitrogens with zero attached hydrogens (tertiary/aromatic N) is 1. The Morgan fingerprint density at radius 2 is 2.05 bits per heavy atom. The molecule has 5 heteroatoms. The Morgan fingerprint density at radius 3 is 2.80 bits per heavy atom. The molecule has 104 valence electrons. The minimum Gasteiger partial charge on any atom is -0.384 e. The molecule has 2 aromatic rings. The number of aryl methyl sites for hydroxylation is 1. The number of nitrogens with one attached hydrogen (secondary N) is 1. The lowest BCUT2D eigenvalue weighted by atomic mass is 10.1. The largest absolute Gasteiger partial charge is 0.384 e. The van der Waals surface area contributed by atoms with Crippen LogP contribution in [0.15, 0.2) is 36.4 Å². The summed E-state index contributed by atoms with van der Waals surface area (Å²) in [4.78, 5) is 16.2. The molecule has 0 aliphatic carbocycles. The van der Waals surface area contributed by atoms with E-state index >= 15 is 0 Å². The predicted octanol–water partition coefficient (Wildman–Crippen LogP) is 3.52. The predicted molar refractivity (Wildman–Crippen MR) is 82.0 cm³/mol. The molecule has 2 rings (SSSR count). The van der Waals surface area contributed by atoms with E-state index in [0.29, 0.717) is 0 Å². The van der Waals surface area contributed by atoms with Gasteiger partial charge in [-0.25, -0.2) is 4.98 Å². The first kappa shape index (κ1) is 14.3. The van der Waals surface area contributed by atoms with Crippen LogP contribution >= 0.6 is 11.6 Å². The van der Waals surface area contributed by atoms with Gasteiger partial charge in [-0.15, -0.1) is 0 Å². The van der Waals surface area contributed by atoms with E-state index in [2.05, 4.69) is 17.2 Å². The van der Waals surface area contributed by atoms with Crippen LogP contribution in [0.2, 0.25) is 5.02 Å². The van der Waals surface area contributed by atoms with Crippen LogP contribution in [0.4, 0.5) is 11.5 Å². The summed E-state index contributed by atoms with van der Waals surface area (Å²) in [5.74, 6) is -0.0905. The second-order valence-electron chi connectivity index (χ2n) is 4.43. The van der Waals surface area contributed by atoms with E-state index < -0.39 is 0 Å². The minimum atomic E-state index is -0.356. The number of aromatic nitrogens is 1. The quantitative estimate of drug-likeness (QED) is 0.905. The topological polar surface area (TPSA) is 68.0 Å². The van der Waals surface area contributed by atoms with Crippen LogP contribution in [0.5, 0.6) is 0 Å². The number of carbonyl (C=O) groups excluding carboxylic acids is 1.